The third kappa shape index (κ3) is 10.8. The van der Waals surface area contributed by atoms with Crippen LogP contribution in [0.3, 0.4) is 0 Å². The first-order valence-electron chi connectivity index (χ1n) is 14.1. The van der Waals surface area contributed by atoms with E-state index in [0.717, 1.165) is 24.8 Å². The molecule has 0 aliphatic heterocycles. The highest BCUT2D eigenvalue weighted by Crippen LogP contribution is 2.27. The summed E-state index contributed by atoms with van der Waals surface area (Å²) >= 11 is 0. The van der Waals surface area contributed by atoms with Gasteiger partial charge in [-0.3, -0.25) is 19.4 Å². The van der Waals surface area contributed by atoms with Crippen molar-refractivity contribution < 1.29 is 24.3 Å². The lowest BCUT2D eigenvalue weighted by Gasteiger charge is -2.28. The van der Waals surface area contributed by atoms with Crippen LogP contribution in [0.4, 0.5) is 0 Å². The monoisotopic (exact) mass is 530 g/mol. The average molecular weight is 531 g/mol. The van der Waals surface area contributed by atoms with Gasteiger partial charge in [-0.15, -0.1) is 0 Å². The first kappa shape index (κ1) is 31.2. The summed E-state index contributed by atoms with van der Waals surface area (Å²) in [5, 5.41) is 17.9. The molecule has 1 heterocycles. The minimum atomic E-state index is -1.11. The second kappa shape index (κ2) is 16.1. The van der Waals surface area contributed by atoms with Gasteiger partial charge < -0.3 is 21.1 Å². The van der Waals surface area contributed by atoms with Crippen molar-refractivity contribution in [3.05, 3.63) is 30.1 Å². The Morgan fingerprint density at radius 3 is 2.18 bits per heavy atom. The highest BCUT2D eigenvalue weighted by molar-refractivity contribution is 5.93. The summed E-state index contributed by atoms with van der Waals surface area (Å²) < 4.78 is 0. The van der Waals surface area contributed by atoms with E-state index in [0.29, 0.717) is 18.8 Å². The van der Waals surface area contributed by atoms with Crippen LogP contribution in [0.5, 0.6) is 0 Å². The lowest BCUT2D eigenvalue weighted by Crippen LogP contribution is -2.58. The van der Waals surface area contributed by atoms with Crippen LogP contribution >= 0.6 is 0 Å². The molecule has 9 nitrogen and oxygen atoms in total. The van der Waals surface area contributed by atoms with Crippen molar-refractivity contribution >= 4 is 23.7 Å². The van der Waals surface area contributed by atoms with Crippen LogP contribution in [0.2, 0.25) is 0 Å². The number of nitrogens with one attached hydrogen (secondary N) is 3. The van der Waals surface area contributed by atoms with E-state index in [9.17, 15) is 24.3 Å². The molecule has 1 saturated carbocycles. The minimum absolute atomic E-state index is 0.0709. The van der Waals surface area contributed by atoms with Crippen LogP contribution in [0, 0.1) is 17.8 Å². The van der Waals surface area contributed by atoms with Crippen LogP contribution in [-0.4, -0.2) is 51.9 Å². The third-order valence-corrected chi connectivity index (χ3v) is 7.46. The molecule has 0 unspecified atom stereocenters. The van der Waals surface area contributed by atoms with E-state index >= 15 is 0 Å². The van der Waals surface area contributed by atoms with Gasteiger partial charge >= 0.3 is 5.97 Å². The van der Waals surface area contributed by atoms with Gasteiger partial charge in [-0.2, -0.15) is 0 Å². The molecule has 1 aliphatic carbocycles. The number of aliphatic carboxylic acids is 1. The number of pyridine rings is 1. The maximum Gasteiger partial charge on any atom is 0.326 e. The van der Waals surface area contributed by atoms with Gasteiger partial charge in [0, 0.05) is 25.2 Å². The van der Waals surface area contributed by atoms with E-state index in [-0.39, 0.29) is 30.6 Å². The first-order chi connectivity index (χ1) is 18.1. The summed E-state index contributed by atoms with van der Waals surface area (Å²) in [5.74, 6) is -1.92. The number of rotatable bonds is 15. The van der Waals surface area contributed by atoms with Crippen LogP contribution in [-0.2, 0) is 25.6 Å². The van der Waals surface area contributed by atoms with Crippen molar-refractivity contribution in [1.29, 1.82) is 0 Å². The lowest BCUT2D eigenvalue weighted by atomic mass is 9.86. The molecule has 0 bridgehead atoms. The molecule has 9 heteroatoms. The van der Waals surface area contributed by atoms with Crippen molar-refractivity contribution in [3.8, 4) is 0 Å². The number of carboxylic acid groups (broad SMARTS) is 1. The molecule has 0 radical (unpaired) electrons. The summed E-state index contributed by atoms with van der Waals surface area (Å²) in [6.45, 7) is 7.51. The van der Waals surface area contributed by atoms with E-state index in [1.54, 1.807) is 24.5 Å². The zero-order valence-electron chi connectivity index (χ0n) is 23.4. The Morgan fingerprint density at radius 2 is 1.61 bits per heavy atom. The summed E-state index contributed by atoms with van der Waals surface area (Å²) in [5.41, 5.74) is 0.833. The van der Waals surface area contributed by atoms with Crippen molar-refractivity contribution in [3.63, 3.8) is 0 Å². The van der Waals surface area contributed by atoms with E-state index in [1.165, 1.54) is 19.3 Å². The third-order valence-electron chi connectivity index (χ3n) is 7.46. The number of carbonyl (C=O) groups is 4. The van der Waals surface area contributed by atoms with Crippen LogP contribution in [0.25, 0.3) is 0 Å². The van der Waals surface area contributed by atoms with Gasteiger partial charge in [0.15, 0.2) is 0 Å². The molecule has 4 N–H and O–H groups in total. The predicted octanol–water partition coefficient (Wildman–Crippen LogP) is 3.62. The molecule has 0 aromatic carbocycles. The quantitative estimate of drug-likeness (QED) is 0.273. The number of nitrogens with zero attached hydrogens (tertiary/aromatic N) is 1. The molecule has 1 aromatic heterocycles. The minimum Gasteiger partial charge on any atom is -0.480 e. The Morgan fingerprint density at radius 1 is 0.947 bits per heavy atom. The fourth-order valence-electron chi connectivity index (χ4n) is 4.95. The van der Waals surface area contributed by atoms with Crippen LogP contribution in [0.15, 0.2) is 24.5 Å². The lowest BCUT2D eigenvalue weighted by molar-refractivity contribution is -0.143. The number of amides is 3. The van der Waals surface area contributed by atoms with Gasteiger partial charge in [0.25, 0.3) is 0 Å². The molecule has 0 spiro atoms. The first-order valence-corrected chi connectivity index (χ1v) is 14.1. The molecule has 1 fully saturated rings. The van der Waals surface area contributed by atoms with Crippen molar-refractivity contribution in [2.45, 2.75) is 110 Å². The molecular formula is C29H46N4O5. The van der Waals surface area contributed by atoms with Gasteiger partial charge in [-0.05, 0) is 48.3 Å². The zero-order chi connectivity index (χ0) is 28.1. The fourth-order valence-corrected chi connectivity index (χ4v) is 4.95. The Hall–Kier alpha value is -2.97. The highest BCUT2D eigenvalue weighted by Gasteiger charge is 2.32. The van der Waals surface area contributed by atoms with Crippen molar-refractivity contribution in [2.75, 3.05) is 0 Å². The van der Waals surface area contributed by atoms with Gasteiger partial charge in [0.1, 0.15) is 18.1 Å². The predicted molar refractivity (Wildman–Crippen MR) is 146 cm³/mol. The Kier molecular flexibility index (Phi) is 13.2. The summed E-state index contributed by atoms with van der Waals surface area (Å²) in [4.78, 5) is 55.3. The summed E-state index contributed by atoms with van der Waals surface area (Å²) in [6, 6.07) is 0.730. The van der Waals surface area contributed by atoms with Gasteiger partial charge in [0.2, 0.25) is 17.7 Å². The molecule has 4 atom stereocenters. The SMILES string of the molecule is CC[C@H](C)[C@H](NC(=O)[C@H](Cc1ccncc1)NC(=O)CCC1CCCCC1)C(=O)N[C@@H](CC(C)C)C(=O)O. The molecule has 3 amide bonds. The Labute approximate surface area is 226 Å². The molecule has 2 rings (SSSR count). The van der Waals surface area contributed by atoms with E-state index in [1.807, 2.05) is 27.7 Å². The largest absolute Gasteiger partial charge is 0.480 e. The van der Waals surface area contributed by atoms with E-state index < -0.39 is 35.9 Å². The number of aromatic nitrogens is 1. The highest BCUT2D eigenvalue weighted by atomic mass is 16.4. The second-order valence-electron chi connectivity index (χ2n) is 11.1. The Bertz CT molecular complexity index is 901. The zero-order valence-corrected chi connectivity index (χ0v) is 23.4. The molecule has 0 saturated heterocycles. The van der Waals surface area contributed by atoms with Gasteiger partial charge in [-0.25, -0.2) is 4.79 Å². The summed E-state index contributed by atoms with van der Waals surface area (Å²) in [6.07, 6.45) is 11.5. The molecule has 1 aliphatic rings. The number of hydrogen-bond acceptors (Lipinski definition) is 5. The molecule has 212 valence electrons. The second-order valence-corrected chi connectivity index (χ2v) is 11.1. The van der Waals surface area contributed by atoms with E-state index in [4.69, 9.17) is 0 Å². The van der Waals surface area contributed by atoms with Crippen molar-refractivity contribution in [2.24, 2.45) is 17.8 Å². The molecular weight excluding hydrogens is 484 g/mol. The van der Waals surface area contributed by atoms with Crippen LogP contribution < -0.4 is 16.0 Å². The van der Waals surface area contributed by atoms with Gasteiger partial charge in [-0.1, -0.05) is 66.2 Å². The topological polar surface area (TPSA) is 137 Å². The van der Waals surface area contributed by atoms with E-state index in [2.05, 4.69) is 20.9 Å². The average Bonchev–Trinajstić information content (AvgIpc) is 2.90. The maximum absolute atomic E-state index is 13.5. The Balaban J connectivity index is 2.13. The normalized spacial score (nSPS) is 17.2. The number of carboxylic acids is 1. The summed E-state index contributed by atoms with van der Waals surface area (Å²) in [7, 11) is 0. The van der Waals surface area contributed by atoms with Crippen molar-refractivity contribution in [1.82, 2.24) is 20.9 Å². The number of hydrogen-bond donors (Lipinski definition) is 4. The van der Waals surface area contributed by atoms with Crippen LogP contribution in [0.1, 0.15) is 91.0 Å². The standard InChI is InChI=1S/C29H46N4O5/c1-5-20(4)26(28(36)32-24(29(37)38)17-19(2)3)33-27(35)23(18-22-13-15-30-16-14-22)31-25(34)12-11-21-9-7-6-8-10-21/h13-16,19-21,23-24,26H,5-12,17-18H2,1-4H3,(H,31,34)(H,32,36)(H,33,35)(H,37,38)/t20-,23-,24-,26-/m0/s1. The molecule has 38 heavy (non-hydrogen) atoms. The number of carbonyl (C=O) groups excluding carboxylic acids is 3. The van der Waals surface area contributed by atoms with Gasteiger partial charge in [0.05, 0.1) is 0 Å². The molecule has 1 aromatic rings. The smallest absolute Gasteiger partial charge is 0.326 e. The maximum atomic E-state index is 13.5. The fraction of sp³-hybridized carbons (Fsp3) is 0.690.